The summed E-state index contributed by atoms with van der Waals surface area (Å²) >= 11 is 0. The van der Waals surface area contributed by atoms with Crippen LogP contribution >= 0.6 is 0 Å². The number of phenols is 1. The lowest BCUT2D eigenvalue weighted by molar-refractivity contribution is -0.134. The van der Waals surface area contributed by atoms with E-state index < -0.39 is 5.97 Å². The van der Waals surface area contributed by atoms with Crippen molar-refractivity contribution in [1.29, 1.82) is 0 Å². The third kappa shape index (κ3) is 3.88. The highest BCUT2D eigenvalue weighted by Gasteiger charge is 1.99. The molecule has 4 nitrogen and oxygen atoms in total. The summed E-state index contributed by atoms with van der Waals surface area (Å²) in [6.07, 6.45) is 3.00. The Kier molecular flexibility index (Phi) is 4.39. The van der Waals surface area contributed by atoms with Gasteiger partial charge in [-0.25, -0.2) is 4.79 Å². The molecule has 0 saturated heterocycles. The van der Waals surface area contributed by atoms with Crippen LogP contribution in [-0.2, 0) is 9.53 Å². The van der Waals surface area contributed by atoms with Gasteiger partial charge in [-0.2, -0.15) is 0 Å². The highest BCUT2D eigenvalue weighted by molar-refractivity contribution is 5.86. The predicted octanol–water partition coefficient (Wildman–Crippen LogP) is 3.37. The maximum Gasteiger partial charge on any atom is 0.330 e. The van der Waals surface area contributed by atoms with Crippen molar-refractivity contribution in [1.82, 2.24) is 0 Å². The second-order valence-corrected chi connectivity index (χ2v) is 4.02. The first kappa shape index (κ1) is 13.7. The van der Waals surface area contributed by atoms with Gasteiger partial charge >= 0.3 is 5.97 Å². The smallest absolute Gasteiger partial charge is 0.330 e. The molecule has 20 heavy (non-hydrogen) atoms. The first-order valence-electron chi connectivity index (χ1n) is 6.00. The number of hydrogen-bond donors (Lipinski definition) is 1. The van der Waals surface area contributed by atoms with E-state index in [1.165, 1.54) is 13.2 Å². The van der Waals surface area contributed by atoms with Crippen LogP contribution in [0.5, 0.6) is 17.2 Å². The molecule has 0 aliphatic heterocycles. The van der Waals surface area contributed by atoms with Gasteiger partial charge in [0.2, 0.25) is 0 Å². The molecule has 2 aromatic rings. The summed E-state index contributed by atoms with van der Waals surface area (Å²) < 4.78 is 10.2. The van der Waals surface area contributed by atoms with Gasteiger partial charge in [-0.05, 0) is 48.0 Å². The van der Waals surface area contributed by atoms with Gasteiger partial charge in [0.25, 0.3) is 0 Å². The molecule has 0 spiro atoms. The monoisotopic (exact) mass is 270 g/mol. The second-order valence-electron chi connectivity index (χ2n) is 4.02. The zero-order chi connectivity index (χ0) is 14.4. The Labute approximate surface area is 116 Å². The normalized spacial score (nSPS) is 10.4. The molecule has 2 rings (SSSR count). The molecule has 4 heteroatoms. The van der Waals surface area contributed by atoms with Crippen LogP contribution in [0.1, 0.15) is 5.56 Å². The van der Waals surface area contributed by atoms with E-state index in [0.717, 1.165) is 5.56 Å². The lowest BCUT2D eigenvalue weighted by Crippen LogP contribution is -1.93. The highest BCUT2D eigenvalue weighted by atomic mass is 16.5. The van der Waals surface area contributed by atoms with Gasteiger partial charge in [-0.1, -0.05) is 12.1 Å². The molecule has 0 saturated carbocycles. The number of phenolic OH excluding ortho intramolecular Hbond substituents is 1. The largest absolute Gasteiger partial charge is 0.508 e. The van der Waals surface area contributed by atoms with Gasteiger partial charge in [-0.3, -0.25) is 0 Å². The van der Waals surface area contributed by atoms with Gasteiger partial charge in [0.05, 0.1) is 7.11 Å². The van der Waals surface area contributed by atoms with Gasteiger partial charge in [-0.15, -0.1) is 0 Å². The average Bonchev–Trinajstić information content (AvgIpc) is 2.47. The van der Waals surface area contributed by atoms with E-state index in [0.29, 0.717) is 11.5 Å². The Morgan fingerprint density at radius 3 is 2.55 bits per heavy atom. The lowest BCUT2D eigenvalue weighted by Gasteiger charge is -2.06. The van der Waals surface area contributed by atoms with Crippen molar-refractivity contribution in [2.45, 2.75) is 0 Å². The molecule has 0 atom stereocenters. The minimum Gasteiger partial charge on any atom is -0.508 e. The number of rotatable bonds is 4. The Morgan fingerprint density at radius 2 is 1.85 bits per heavy atom. The van der Waals surface area contributed by atoms with E-state index in [1.54, 1.807) is 36.4 Å². The van der Waals surface area contributed by atoms with Crippen LogP contribution in [0.3, 0.4) is 0 Å². The lowest BCUT2D eigenvalue weighted by atomic mass is 10.2. The number of ether oxygens (including phenoxy) is 2. The van der Waals surface area contributed by atoms with E-state index in [1.807, 2.05) is 18.2 Å². The Bertz CT molecular complexity index is 615. The SMILES string of the molecule is COC(=O)C=Cc1cccc(Oc2ccc(O)cc2)c1. The first-order valence-corrected chi connectivity index (χ1v) is 6.00. The molecule has 0 aromatic heterocycles. The third-order valence-electron chi connectivity index (χ3n) is 2.54. The molecule has 0 bridgehead atoms. The van der Waals surface area contributed by atoms with Crippen LogP contribution in [0.2, 0.25) is 0 Å². The molecular formula is C16H14O4. The van der Waals surface area contributed by atoms with Gasteiger partial charge < -0.3 is 14.6 Å². The minimum atomic E-state index is -0.408. The molecule has 0 amide bonds. The Hall–Kier alpha value is -2.75. The minimum absolute atomic E-state index is 0.187. The van der Waals surface area contributed by atoms with Crippen LogP contribution in [0, 0.1) is 0 Å². The van der Waals surface area contributed by atoms with Crippen molar-refractivity contribution in [3.8, 4) is 17.2 Å². The second kappa shape index (κ2) is 6.43. The summed E-state index contributed by atoms with van der Waals surface area (Å²) in [5.41, 5.74) is 0.826. The Morgan fingerprint density at radius 1 is 1.10 bits per heavy atom. The van der Waals surface area contributed by atoms with Crippen LogP contribution in [0.4, 0.5) is 0 Å². The molecule has 1 N–H and O–H groups in total. The molecule has 0 fully saturated rings. The van der Waals surface area contributed by atoms with Crippen molar-refractivity contribution in [3.63, 3.8) is 0 Å². The number of esters is 1. The maximum absolute atomic E-state index is 11.0. The number of methoxy groups -OCH3 is 1. The van der Waals surface area contributed by atoms with Gasteiger partial charge in [0.15, 0.2) is 0 Å². The summed E-state index contributed by atoms with van der Waals surface area (Å²) in [5.74, 6) is 1.04. The van der Waals surface area contributed by atoms with Crippen LogP contribution in [0.15, 0.2) is 54.6 Å². The van der Waals surface area contributed by atoms with Crippen LogP contribution in [-0.4, -0.2) is 18.2 Å². The highest BCUT2D eigenvalue weighted by Crippen LogP contribution is 2.24. The van der Waals surface area contributed by atoms with Crippen LogP contribution < -0.4 is 4.74 Å². The standard InChI is InChI=1S/C16H14O4/c1-19-16(18)10-5-12-3-2-4-15(11-12)20-14-8-6-13(17)7-9-14/h2-11,17H,1H3. The number of carbonyl (C=O) groups excluding carboxylic acids is 1. The van der Waals surface area contributed by atoms with E-state index in [4.69, 9.17) is 4.74 Å². The Balaban J connectivity index is 2.11. The molecule has 0 heterocycles. The van der Waals surface area contributed by atoms with Crippen molar-refractivity contribution in [2.75, 3.05) is 7.11 Å². The predicted molar refractivity (Wildman–Crippen MR) is 75.7 cm³/mol. The summed E-state index contributed by atoms with van der Waals surface area (Å²) in [5, 5.41) is 9.20. The quantitative estimate of drug-likeness (QED) is 0.683. The third-order valence-corrected chi connectivity index (χ3v) is 2.54. The molecule has 0 aliphatic rings. The van der Waals surface area contributed by atoms with E-state index >= 15 is 0 Å². The topological polar surface area (TPSA) is 55.8 Å². The molecular weight excluding hydrogens is 256 g/mol. The average molecular weight is 270 g/mol. The zero-order valence-electron chi connectivity index (χ0n) is 10.9. The molecule has 0 unspecified atom stereocenters. The summed E-state index contributed by atoms with van der Waals surface area (Å²) in [6, 6.07) is 13.7. The fourth-order valence-electron chi connectivity index (χ4n) is 1.56. The molecule has 102 valence electrons. The number of carbonyl (C=O) groups is 1. The van der Waals surface area contributed by atoms with Crippen molar-refractivity contribution in [3.05, 3.63) is 60.2 Å². The van der Waals surface area contributed by atoms with Gasteiger partial charge in [0.1, 0.15) is 17.2 Å². The zero-order valence-corrected chi connectivity index (χ0v) is 10.9. The number of benzene rings is 2. The maximum atomic E-state index is 11.0. The van der Waals surface area contributed by atoms with Gasteiger partial charge in [0, 0.05) is 6.08 Å². The van der Waals surface area contributed by atoms with E-state index in [9.17, 15) is 9.90 Å². The molecule has 0 aliphatic carbocycles. The molecule has 0 radical (unpaired) electrons. The molecule has 2 aromatic carbocycles. The van der Waals surface area contributed by atoms with Crippen molar-refractivity contribution >= 4 is 12.0 Å². The van der Waals surface area contributed by atoms with Crippen molar-refractivity contribution in [2.24, 2.45) is 0 Å². The fourth-order valence-corrected chi connectivity index (χ4v) is 1.56. The summed E-state index contributed by atoms with van der Waals surface area (Å²) in [6.45, 7) is 0. The van der Waals surface area contributed by atoms with E-state index in [2.05, 4.69) is 4.74 Å². The number of hydrogen-bond acceptors (Lipinski definition) is 4. The fraction of sp³-hybridized carbons (Fsp3) is 0.0625. The first-order chi connectivity index (χ1) is 9.67. The summed E-state index contributed by atoms with van der Waals surface area (Å²) in [4.78, 5) is 11.0. The van der Waals surface area contributed by atoms with E-state index in [-0.39, 0.29) is 5.75 Å². The van der Waals surface area contributed by atoms with Crippen molar-refractivity contribution < 1.29 is 19.4 Å². The van der Waals surface area contributed by atoms with Crippen LogP contribution in [0.25, 0.3) is 6.08 Å². The summed E-state index contributed by atoms with van der Waals surface area (Å²) in [7, 11) is 1.33. The number of aromatic hydroxyl groups is 1.